The van der Waals surface area contributed by atoms with Gasteiger partial charge in [0.25, 0.3) is 0 Å². The highest BCUT2D eigenvalue weighted by Gasteiger charge is 2.19. The van der Waals surface area contributed by atoms with E-state index in [1.807, 2.05) is 0 Å². The minimum Gasteiger partial charge on any atom is -0.133 e. The third-order valence-electron chi connectivity index (χ3n) is 2.26. The van der Waals surface area contributed by atoms with Crippen LogP contribution in [0.3, 0.4) is 0 Å². The highest BCUT2D eigenvalue weighted by atomic mass is 14.2. The molecule has 0 saturated heterocycles. The van der Waals surface area contributed by atoms with Crippen molar-refractivity contribution in [2.75, 3.05) is 0 Å². The first-order valence-electron chi connectivity index (χ1n) is 3.70. The van der Waals surface area contributed by atoms with Gasteiger partial charge < -0.3 is 0 Å². The summed E-state index contributed by atoms with van der Waals surface area (Å²) in [6, 6.07) is 0. The maximum atomic E-state index is 3.58. The van der Waals surface area contributed by atoms with Gasteiger partial charge in [-0.3, -0.25) is 0 Å². The Labute approximate surface area is 57.3 Å². The van der Waals surface area contributed by atoms with E-state index in [1.54, 1.807) is 0 Å². The molecule has 9 heavy (non-hydrogen) atoms. The molecule has 0 aliphatic heterocycles. The molecule has 0 heterocycles. The number of allylic oxidation sites excluding steroid dienone is 1. The third-order valence-corrected chi connectivity index (χ3v) is 2.26. The van der Waals surface area contributed by atoms with Crippen LogP contribution in [-0.4, -0.2) is 0 Å². The quantitative estimate of drug-likeness (QED) is 0.469. The second-order valence-electron chi connectivity index (χ2n) is 2.94. The van der Waals surface area contributed by atoms with Gasteiger partial charge >= 0.3 is 0 Å². The van der Waals surface area contributed by atoms with Gasteiger partial charge in [-0.25, -0.2) is 0 Å². The van der Waals surface area contributed by atoms with E-state index in [9.17, 15) is 0 Å². The van der Waals surface area contributed by atoms with Crippen LogP contribution in [0.4, 0.5) is 0 Å². The molecule has 0 spiro atoms. The molecule has 0 aromatic heterocycles. The van der Waals surface area contributed by atoms with E-state index in [0.29, 0.717) is 0 Å². The lowest BCUT2D eigenvalue weighted by molar-refractivity contribution is 0.504. The van der Waals surface area contributed by atoms with Crippen LogP contribution in [0.2, 0.25) is 0 Å². The fourth-order valence-electron chi connectivity index (χ4n) is 1.57. The Morgan fingerprint density at radius 3 is 2.78 bits per heavy atom. The van der Waals surface area contributed by atoms with E-state index in [4.69, 9.17) is 0 Å². The summed E-state index contributed by atoms with van der Waals surface area (Å²) < 4.78 is 0. The van der Waals surface area contributed by atoms with E-state index in [0.717, 1.165) is 11.8 Å². The van der Waals surface area contributed by atoms with E-state index in [-0.39, 0.29) is 0 Å². The zero-order valence-electron chi connectivity index (χ0n) is 6.06. The molecule has 0 amide bonds. The monoisotopic (exact) mass is 122 g/mol. The Bertz CT molecular complexity index is 129. The zero-order valence-corrected chi connectivity index (χ0v) is 6.06. The topological polar surface area (TPSA) is 0 Å². The summed E-state index contributed by atoms with van der Waals surface area (Å²) in [5, 5.41) is 0. The standard InChI is InChI=1S/C9H14/c1-3-5-9-7-4-6-8(9)2/h5,8-9H,1,4,6-7H2,2H3. The maximum Gasteiger partial charge on any atom is -0.0132 e. The lowest BCUT2D eigenvalue weighted by Gasteiger charge is -2.06. The van der Waals surface area contributed by atoms with Gasteiger partial charge in [0.05, 0.1) is 0 Å². The van der Waals surface area contributed by atoms with Crippen molar-refractivity contribution in [2.24, 2.45) is 11.8 Å². The molecule has 0 radical (unpaired) electrons. The largest absolute Gasteiger partial charge is 0.133 e. The minimum absolute atomic E-state index is 0.780. The van der Waals surface area contributed by atoms with Gasteiger partial charge in [0.15, 0.2) is 0 Å². The minimum atomic E-state index is 0.780. The lowest BCUT2D eigenvalue weighted by atomic mass is 9.98. The number of rotatable bonds is 1. The van der Waals surface area contributed by atoms with Crippen molar-refractivity contribution in [1.29, 1.82) is 0 Å². The molecular weight excluding hydrogens is 108 g/mol. The summed E-state index contributed by atoms with van der Waals surface area (Å²) in [6.07, 6.45) is 6.26. The van der Waals surface area contributed by atoms with Gasteiger partial charge in [-0.15, -0.1) is 5.73 Å². The molecule has 0 aromatic rings. The maximum absolute atomic E-state index is 3.58. The van der Waals surface area contributed by atoms with E-state index in [2.05, 4.69) is 25.3 Å². The molecule has 2 atom stereocenters. The first-order valence-corrected chi connectivity index (χ1v) is 3.70. The van der Waals surface area contributed by atoms with Crippen LogP contribution in [0.1, 0.15) is 26.2 Å². The number of hydrogen-bond acceptors (Lipinski definition) is 0. The Morgan fingerprint density at radius 1 is 1.56 bits per heavy atom. The molecule has 0 bridgehead atoms. The van der Waals surface area contributed by atoms with Gasteiger partial charge in [0.1, 0.15) is 0 Å². The first kappa shape index (κ1) is 6.64. The van der Waals surface area contributed by atoms with Gasteiger partial charge in [-0.05, 0) is 24.3 Å². The average molecular weight is 122 g/mol. The van der Waals surface area contributed by atoms with Gasteiger partial charge in [0, 0.05) is 0 Å². The van der Waals surface area contributed by atoms with Crippen molar-refractivity contribution in [3.63, 3.8) is 0 Å². The first-order chi connectivity index (χ1) is 4.34. The van der Waals surface area contributed by atoms with Crippen molar-refractivity contribution in [3.05, 3.63) is 18.4 Å². The van der Waals surface area contributed by atoms with E-state index >= 15 is 0 Å². The fraction of sp³-hybridized carbons (Fsp3) is 0.667. The summed E-state index contributed by atoms with van der Waals surface area (Å²) >= 11 is 0. The second-order valence-corrected chi connectivity index (χ2v) is 2.94. The van der Waals surface area contributed by atoms with Crippen LogP contribution in [0.15, 0.2) is 18.4 Å². The lowest BCUT2D eigenvalue weighted by Crippen LogP contribution is -1.97. The van der Waals surface area contributed by atoms with Crippen LogP contribution in [0.25, 0.3) is 0 Å². The summed E-state index contributed by atoms with van der Waals surface area (Å²) in [7, 11) is 0. The average Bonchev–Trinajstić information content (AvgIpc) is 2.18. The smallest absolute Gasteiger partial charge is 0.0132 e. The summed E-state index contributed by atoms with van der Waals surface area (Å²) in [6.45, 7) is 5.89. The highest BCUT2D eigenvalue weighted by Crippen LogP contribution is 2.31. The van der Waals surface area contributed by atoms with E-state index in [1.165, 1.54) is 19.3 Å². The molecule has 0 N–H and O–H groups in total. The van der Waals surface area contributed by atoms with Crippen molar-refractivity contribution in [3.8, 4) is 0 Å². The Kier molecular flexibility index (Phi) is 2.13. The molecule has 0 nitrogen and oxygen atoms in total. The molecule has 1 rings (SSSR count). The molecule has 2 unspecified atom stereocenters. The Morgan fingerprint density at radius 2 is 2.33 bits per heavy atom. The zero-order chi connectivity index (χ0) is 6.69. The fourth-order valence-corrected chi connectivity index (χ4v) is 1.57. The predicted octanol–water partition coefficient (Wildman–Crippen LogP) is 2.76. The van der Waals surface area contributed by atoms with Crippen molar-refractivity contribution in [1.82, 2.24) is 0 Å². The van der Waals surface area contributed by atoms with Crippen LogP contribution in [0.5, 0.6) is 0 Å². The summed E-state index contributed by atoms with van der Waals surface area (Å²) in [5.74, 6) is 1.65. The van der Waals surface area contributed by atoms with Gasteiger partial charge in [-0.1, -0.05) is 26.3 Å². The molecule has 1 aliphatic carbocycles. The van der Waals surface area contributed by atoms with Gasteiger partial charge in [0.2, 0.25) is 0 Å². The highest BCUT2D eigenvalue weighted by molar-refractivity contribution is 4.90. The van der Waals surface area contributed by atoms with Gasteiger partial charge in [-0.2, -0.15) is 0 Å². The molecule has 0 aromatic carbocycles. The molecular formula is C9H14. The van der Waals surface area contributed by atoms with Crippen molar-refractivity contribution < 1.29 is 0 Å². The van der Waals surface area contributed by atoms with Crippen molar-refractivity contribution >= 4 is 0 Å². The predicted molar refractivity (Wildman–Crippen MR) is 40.2 cm³/mol. The SMILES string of the molecule is C=C=CC1CCCC1C. The second kappa shape index (κ2) is 2.89. The summed E-state index contributed by atoms with van der Waals surface area (Å²) in [4.78, 5) is 0. The summed E-state index contributed by atoms with van der Waals surface area (Å²) in [5.41, 5.74) is 2.87. The molecule has 50 valence electrons. The third kappa shape index (κ3) is 1.46. The van der Waals surface area contributed by atoms with Crippen LogP contribution < -0.4 is 0 Å². The van der Waals surface area contributed by atoms with Crippen LogP contribution in [-0.2, 0) is 0 Å². The molecule has 0 heteroatoms. The molecule has 1 aliphatic rings. The Balaban J connectivity index is 2.49. The van der Waals surface area contributed by atoms with Crippen LogP contribution in [0, 0.1) is 11.8 Å². The molecule has 1 fully saturated rings. The molecule has 1 saturated carbocycles. The number of hydrogen-bond donors (Lipinski definition) is 0. The van der Waals surface area contributed by atoms with Crippen molar-refractivity contribution in [2.45, 2.75) is 26.2 Å². The van der Waals surface area contributed by atoms with Crippen LogP contribution >= 0.6 is 0 Å². The normalized spacial score (nSPS) is 33.9. The van der Waals surface area contributed by atoms with E-state index < -0.39 is 0 Å². The Hall–Kier alpha value is -0.480.